The summed E-state index contributed by atoms with van der Waals surface area (Å²) in [5.41, 5.74) is 13.6. The van der Waals surface area contributed by atoms with Gasteiger partial charge in [0.25, 0.3) is 0 Å². The van der Waals surface area contributed by atoms with Crippen molar-refractivity contribution in [3.05, 3.63) is 212 Å². The Bertz CT molecular complexity index is 3400. The van der Waals surface area contributed by atoms with Gasteiger partial charge in [-0.3, -0.25) is 0 Å². The fourth-order valence-electron chi connectivity index (χ4n) is 9.06. The molecule has 3 nitrogen and oxygen atoms in total. The van der Waals surface area contributed by atoms with Crippen molar-refractivity contribution in [1.82, 2.24) is 0 Å². The van der Waals surface area contributed by atoms with Crippen LogP contribution >= 0.6 is 0 Å². The molecule has 0 unspecified atom stereocenters. The molecule has 0 aliphatic rings. The van der Waals surface area contributed by atoms with Crippen LogP contribution in [0.15, 0.2) is 221 Å². The SMILES string of the molecule is c1ccc2c(-c3ccc(N(c4ccc(-c5cccc6ccccc56)cc4)c4ccc(-c5cccc6c5oc5c6ccc6oc7ccccc7c65)cc4)cc3)cccc2c1. The summed E-state index contributed by atoms with van der Waals surface area (Å²) in [6.45, 7) is 0. The van der Waals surface area contributed by atoms with Crippen molar-refractivity contribution in [3.8, 4) is 33.4 Å². The monoisotopic (exact) mass is 753 g/mol. The van der Waals surface area contributed by atoms with E-state index >= 15 is 0 Å². The minimum Gasteiger partial charge on any atom is -0.456 e. The Morgan fingerprint density at radius 2 is 0.712 bits per heavy atom. The van der Waals surface area contributed by atoms with Crippen LogP contribution < -0.4 is 4.90 Å². The molecule has 0 aliphatic carbocycles. The molecule has 2 aromatic heterocycles. The summed E-state index contributed by atoms with van der Waals surface area (Å²) >= 11 is 0. The second-order valence-corrected chi connectivity index (χ2v) is 15.2. The van der Waals surface area contributed by atoms with Crippen LogP contribution in [-0.4, -0.2) is 0 Å². The lowest BCUT2D eigenvalue weighted by Gasteiger charge is -2.26. The van der Waals surface area contributed by atoms with Crippen molar-refractivity contribution in [2.24, 2.45) is 0 Å². The topological polar surface area (TPSA) is 29.5 Å². The first-order valence-corrected chi connectivity index (χ1v) is 20.1. The molecule has 276 valence electrons. The molecule has 0 amide bonds. The largest absolute Gasteiger partial charge is 0.456 e. The van der Waals surface area contributed by atoms with Crippen molar-refractivity contribution >= 4 is 82.5 Å². The molecule has 12 aromatic rings. The first-order valence-electron chi connectivity index (χ1n) is 20.1. The van der Waals surface area contributed by atoms with Crippen molar-refractivity contribution in [3.63, 3.8) is 0 Å². The summed E-state index contributed by atoms with van der Waals surface area (Å²) in [5, 5.41) is 9.24. The van der Waals surface area contributed by atoms with Gasteiger partial charge < -0.3 is 13.7 Å². The highest BCUT2D eigenvalue weighted by molar-refractivity contribution is 6.23. The molecular formula is C56H35NO2. The third-order valence-electron chi connectivity index (χ3n) is 11.9. The van der Waals surface area contributed by atoms with E-state index in [-0.39, 0.29) is 0 Å². The number of anilines is 3. The molecule has 0 saturated heterocycles. The Balaban J connectivity index is 0.961. The molecule has 0 atom stereocenters. The zero-order valence-corrected chi connectivity index (χ0v) is 32.0. The Morgan fingerprint density at radius 3 is 1.31 bits per heavy atom. The van der Waals surface area contributed by atoms with Gasteiger partial charge in [0.1, 0.15) is 22.3 Å². The predicted molar refractivity (Wildman–Crippen MR) is 247 cm³/mol. The van der Waals surface area contributed by atoms with Gasteiger partial charge in [0.15, 0.2) is 0 Å². The Labute approximate surface area is 340 Å². The van der Waals surface area contributed by atoms with Crippen molar-refractivity contribution in [1.29, 1.82) is 0 Å². The molecule has 59 heavy (non-hydrogen) atoms. The van der Waals surface area contributed by atoms with E-state index in [2.05, 4.69) is 199 Å². The Kier molecular flexibility index (Phi) is 7.54. The van der Waals surface area contributed by atoms with Crippen LogP contribution in [0.5, 0.6) is 0 Å². The second kappa shape index (κ2) is 13.4. The van der Waals surface area contributed by atoms with Crippen LogP contribution in [0.2, 0.25) is 0 Å². The molecule has 10 aromatic carbocycles. The number of furan rings is 2. The van der Waals surface area contributed by atoms with Crippen LogP contribution in [0.4, 0.5) is 17.1 Å². The van der Waals surface area contributed by atoms with E-state index in [0.29, 0.717) is 0 Å². The number of fused-ring (bicyclic) bond motifs is 9. The highest BCUT2D eigenvalue weighted by Gasteiger charge is 2.19. The van der Waals surface area contributed by atoms with Crippen LogP contribution in [0.3, 0.4) is 0 Å². The zero-order valence-electron chi connectivity index (χ0n) is 32.0. The first kappa shape index (κ1) is 33.3. The fraction of sp³-hybridized carbons (Fsp3) is 0. The summed E-state index contributed by atoms with van der Waals surface area (Å²) < 4.78 is 13.0. The molecule has 0 N–H and O–H groups in total. The maximum absolute atomic E-state index is 6.81. The third kappa shape index (κ3) is 5.44. The zero-order chi connectivity index (χ0) is 38.9. The van der Waals surface area contributed by atoms with Gasteiger partial charge in [0.05, 0.1) is 5.39 Å². The van der Waals surface area contributed by atoms with Gasteiger partial charge in [0, 0.05) is 38.8 Å². The Hall–Kier alpha value is -7.88. The van der Waals surface area contributed by atoms with Gasteiger partial charge in [-0.05, 0) is 104 Å². The van der Waals surface area contributed by atoms with E-state index < -0.39 is 0 Å². The van der Waals surface area contributed by atoms with E-state index in [1.165, 1.54) is 43.8 Å². The number of nitrogens with zero attached hydrogens (tertiary/aromatic N) is 1. The molecule has 0 fully saturated rings. The van der Waals surface area contributed by atoms with Gasteiger partial charge in [0.2, 0.25) is 0 Å². The first-order chi connectivity index (χ1) is 29.2. The third-order valence-corrected chi connectivity index (χ3v) is 11.9. The van der Waals surface area contributed by atoms with E-state index in [1.807, 2.05) is 18.2 Å². The maximum Gasteiger partial charge on any atom is 0.147 e. The normalized spacial score (nSPS) is 11.7. The van der Waals surface area contributed by atoms with E-state index in [9.17, 15) is 0 Å². The minimum absolute atomic E-state index is 0.832. The van der Waals surface area contributed by atoms with Crippen molar-refractivity contribution in [2.75, 3.05) is 4.90 Å². The summed E-state index contributed by atoms with van der Waals surface area (Å²) in [6, 6.07) is 75.8. The Morgan fingerprint density at radius 1 is 0.271 bits per heavy atom. The van der Waals surface area contributed by atoms with Gasteiger partial charge >= 0.3 is 0 Å². The molecular weight excluding hydrogens is 719 g/mol. The van der Waals surface area contributed by atoms with E-state index in [4.69, 9.17) is 8.83 Å². The maximum atomic E-state index is 6.81. The number of hydrogen-bond acceptors (Lipinski definition) is 3. The average Bonchev–Trinajstić information content (AvgIpc) is 3.88. The van der Waals surface area contributed by atoms with Crippen LogP contribution in [-0.2, 0) is 0 Å². The highest BCUT2D eigenvalue weighted by Crippen LogP contribution is 2.43. The van der Waals surface area contributed by atoms with Gasteiger partial charge in [-0.25, -0.2) is 0 Å². The molecule has 0 radical (unpaired) electrons. The summed E-state index contributed by atoms with van der Waals surface area (Å²) in [4.78, 5) is 2.34. The molecule has 0 spiro atoms. The molecule has 0 bridgehead atoms. The van der Waals surface area contributed by atoms with Crippen LogP contribution in [0.25, 0.3) is 98.8 Å². The molecule has 3 heteroatoms. The predicted octanol–water partition coefficient (Wildman–Crippen LogP) is 16.3. The summed E-state index contributed by atoms with van der Waals surface area (Å²) in [6.07, 6.45) is 0. The van der Waals surface area contributed by atoms with Gasteiger partial charge in [-0.15, -0.1) is 0 Å². The lowest BCUT2D eigenvalue weighted by Crippen LogP contribution is -2.09. The van der Waals surface area contributed by atoms with Crippen molar-refractivity contribution < 1.29 is 8.83 Å². The number of hydrogen-bond donors (Lipinski definition) is 0. The number of para-hydroxylation sites is 2. The quantitative estimate of drug-likeness (QED) is 0.169. The minimum atomic E-state index is 0.832. The average molecular weight is 754 g/mol. The van der Waals surface area contributed by atoms with Crippen LogP contribution in [0.1, 0.15) is 0 Å². The van der Waals surface area contributed by atoms with E-state index in [1.54, 1.807) is 0 Å². The standard InChI is InChI=1S/C56H35NO2/c1-3-14-44-36(10-1)12-7-17-46(44)38-22-28-41(29-23-38)57(42-30-24-39(25-31-42)47-18-8-13-37-11-2-4-15-45(37)47)43-32-26-40(27-33-43)48-19-9-20-49-50-34-35-53-54(56(50)59-55(48)49)51-16-5-6-21-52(51)58-53/h1-35H. The highest BCUT2D eigenvalue weighted by atomic mass is 16.3. The second-order valence-electron chi connectivity index (χ2n) is 15.2. The van der Waals surface area contributed by atoms with Crippen LogP contribution in [0, 0.1) is 0 Å². The molecule has 2 heterocycles. The van der Waals surface area contributed by atoms with E-state index in [0.717, 1.165) is 72.1 Å². The lowest BCUT2D eigenvalue weighted by atomic mass is 9.97. The summed E-state index contributed by atoms with van der Waals surface area (Å²) in [5.74, 6) is 0. The smallest absolute Gasteiger partial charge is 0.147 e. The lowest BCUT2D eigenvalue weighted by molar-refractivity contribution is 0.663. The van der Waals surface area contributed by atoms with Gasteiger partial charge in [-0.2, -0.15) is 0 Å². The molecule has 12 rings (SSSR count). The molecule has 0 saturated carbocycles. The summed E-state index contributed by atoms with van der Waals surface area (Å²) in [7, 11) is 0. The van der Waals surface area contributed by atoms with Crippen molar-refractivity contribution in [2.45, 2.75) is 0 Å². The number of benzene rings is 10. The molecule has 0 aliphatic heterocycles. The number of rotatable bonds is 6. The fourth-order valence-corrected chi connectivity index (χ4v) is 9.06. The van der Waals surface area contributed by atoms with Gasteiger partial charge in [-0.1, -0.05) is 158 Å².